The molecule has 12 heteroatoms. The summed E-state index contributed by atoms with van der Waals surface area (Å²) in [6.07, 6.45) is 3.79. The van der Waals surface area contributed by atoms with Gasteiger partial charge in [-0.15, -0.1) is 0 Å². The average molecular weight is 554 g/mol. The van der Waals surface area contributed by atoms with Crippen molar-refractivity contribution in [1.82, 2.24) is 20.5 Å². The molecule has 1 aliphatic rings. The fourth-order valence-electron chi connectivity index (χ4n) is 4.08. The highest BCUT2D eigenvalue weighted by Gasteiger charge is 2.19. The highest BCUT2D eigenvalue weighted by atomic mass is 19.1. The third-order valence-electron chi connectivity index (χ3n) is 6.20. The van der Waals surface area contributed by atoms with Crippen LogP contribution in [0.5, 0.6) is 11.5 Å². The molecule has 0 aliphatic carbocycles. The van der Waals surface area contributed by atoms with Gasteiger partial charge >= 0.3 is 6.03 Å². The summed E-state index contributed by atoms with van der Waals surface area (Å²) in [7, 11) is 0. The number of piperidine rings is 1. The SMILES string of the molecule is O=C(CN1CCC(O)CC1)NCc1cnccc1Oc1ccc(NC(=O)NC(=O)Cc2ccc(F)cc2)cc1F. The Labute approximate surface area is 229 Å². The van der Waals surface area contributed by atoms with Crippen LogP contribution in [0.4, 0.5) is 19.3 Å². The molecule has 3 aromatic rings. The summed E-state index contributed by atoms with van der Waals surface area (Å²) in [6, 6.07) is 9.74. The molecule has 10 nitrogen and oxygen atoms in total. The van der Waals surface area contributed by atoms with Gasteiger partial charge in [-0.05, 0) is 48.7 Å². The van der Waals surface area contributed by atoms with E-state index < -0.39 is 23.6 Å². The lowest BCUT2D eigenvalue weighted by Crippen LogP contribution is -2.42. The molecule has 0 atom stereocenters. The van der Waals surface area contributed by atoms with E-state index in [9.17, 15) is 28.3 Å². The van der Waals surface area contributed by atoms with Crippen molar-refractivity contribution in [3.63, 3.8) is 0 Å². The molecule has 0 saturated carbocycles. The van der Waals surface area contributed by atoms with Gasteiger partial charge in [0.05, 0.1) is 19.1 Å². The molecule has 1 fully saturated rings. The maximum Gasteiger partial charge on any atom is 0.325 e. The fraction of sp³-hybridized carbons (Fsp3) is 0.286. The van der Waals surface area contributed by atoms with Gasteiger partial charge in [-0.1, -0.05) is 12.1 Å². The lowest BCUT2D eigenvalue weighted by molar-refractivity contribution is -0.123. The van der Waals surface area contributed by atoms with E-state index in [4.69, 9.17) is 4.74 Å². The second-order valence-corrected chi connectivity index (χ2v) is 9.32. The van der Waals surface area contributed by atoms with Crippen LogP contribution in [0.1, 0.15) is 24.0 Å². The number of pyridine rings is 1. The second kappa shape index (κ2) is 13.6. The van der Waals surface area contributed by atoms with Crippen LogP contribution in [-0.2, 0) is 22.6 Å². The summed E-state index contributed by atoms with van der Waals surface area (Å²) in [5.74, 6) is -1.84. The van der Waals surface area contributed by atoms with Crippen molar-refractivity contribution >= 4 is 23.5 Å². The molecular weight excluding hydrogens is 524 g/mol. The quantitative estimate of drug-likeness (QED) is 0.320. The summed E-state index contributed by atoms with van der Waals surface area (Å²) in [4.78, 5) is 42.6. The van der Waals surface area contributed by atoms with Crippen LogP contribution in [0.3, 0.4) is 0 Å². The number of nitrogens with zero attached hydrogens (tertiary/aromatic N) is 2. The molecule has 0 unspecified atom stereocenters. The number of aliphatic hydroxyl groups excluding tert-OH is 1. The fourth-order valence-corrected chi connectivity index (χ4v) is 4.08. The molecule has 1 aliphatic heterocycles. The zero-order chi connectivity index (χ0) is 28.5. The normalized spacial score (nSPS) is 13.9. The Kier molecular flexibility index (Phi) is 9.71. The predicted molar refractivity (Wildman–Crippen MR) is 142 cm³/mol. The zero-order valence-electron chi connectivity index (χ0n) is 21.5. The molecule has 4 N–H and O–H groups in total. The molecule has 1 saturated heterocycles. The lowest BCUT2D eigenvalue weighted by atomic mass is 10.1. The number of benzene rings is 2. The Morgan fingerprint density at radius 3 is 2.48 bits per heavy atom. The van der Waals surface area contributed by atoms with Gasteiger partial charge in [-0.3, -0.25) is 24.8 Å². The van der Waals surface area contributed by atoms with E-state index in [1.807, 2.05) is 4.90 Å². The summed E-state index contributed by atoms with van der Waals surface area (Å²) < 4.78 is 33.5. The second-order valence-electron chi connectivity index (χ2n) is 9.32. The molecule has 0 bridgehead atoms. The monoisotopic (exact) mass is 553 g/mol. The number of carbonyl (C=O) groups is 3. The third kappa shape index (κ3) is 8.55. The Balaban J connectivity index is 1.29. The first-order valence-corrected chi connectivity index (χ1v) is 12.7. The van der Waals surface area contributed by atoms with Crippen molar-refractivity contribution in [3.8, 4) is 11.5 Å². The molecule has 2 aromatic carbocycles. The first-order chi connectivity index (χ1) is 19.2. The van der Waals surface area contributed by atoms with Crippen LogP contribution >= 0.6 is 0 Å². The Morgan fingerprint density at radius 2 is 1.75 bits per heavy atom. The van der Waals surface area contributed by atoms with E-state index in [1.165, 1.54) is 48.8 Å². The van der Waals surface area contributed by atoms with E-state index in [2.05, 4.69) is 20.9 Å². The topological polar surface area (TPSA) is 133 Å². The van der Waals surface area contributed by atoms with E-state index in [1.54, 1.807) is 6.07 Å². The number of hydrogen-bond acceptors (Lipinski definition) is 7. The Morgan fingerprint density at radius 1 is 1.00 bits per heavy atom. The number of ether oxygens (including phenoxy) is 1. The van der Waals surface area contributed by atoms with E-state index in [-0.39, 0.29) is 43.0 Å². The number of anilines is 1. The van der Waals surface area contributed by atoms with Crippen LogP contribution in [0, 0.1) is 11.6 Å². The zero-order valence-corrected chi connectivity index (χ0v) is 21.5. The van der Waals surface area contributed by atoms with Crippen molar-refractivity contribution in [1.29, 1.82) is 0 Å². The van der Waals surface area contributed by atoms with Crippen molar-refractivity contribution in [2.24, 2.45) is 0 Å². The molecule has 210 valence electrons. The van der Waals surface area contributed by atoms with Crippen LogP contribution in [-0.4, -0.2) is 58.6 Å². The van der Waals surface area contributed by atoms with Gasteiger partial charge in [0.1, 0.15) is 11.6 Å². The van der Waals surface area contributed by atoms with Gasteiger partial charge in [-0.25, -0.2) is 13.6 Å². The summed E-state index contributed by atoms with van der Waals surface area (Å²) in [5, 5.41) is 16.9. The largest absolute Gasteiger partial charge is 0.454 e. The third-order valence-corrected chi connectivity index (χ3v) is 6.20. The smallest absolute Gasteiger partial charge is 0.325 e. The number of likely N-dealkylation sites (tertiary alicyclic amines) is 1. The van der Waals surface area contributed by atoms with Gasteiger partial charge in [0.25, 0.3) is 0 Å². The van der Waals surface area contributed by atoms with Gasteiger partial charge < -0.3 is 20.5 Å². The Hall–Kier alpha value is -4.42. The molecule has 0 radical (unpaired) electrons. The van der Waals surface area contributed by atoms with Crippen LogP contribution in [0.15, 0.2) is 60.9 Å². The minimum atomic E-state index is -0.854. The van der Waals surface area contributed by atoms with Crippen LogP contribution < -0.4 is 20.7 Å². The van der Waals surface area contributed by atoms with Crippen LogP contribution in [0.25, 0.3) is 0 Å². The number of rotatable bonds is 9. The van der Waals surface area contributed by atoms with Crippen molar-refractivity contribution < 1.29 is 33.0 Å². The number of amides is 4. The number of imide groups is 1. The molecule has 0 spiro atoms. The molecule has 1 aromatic heterocycles. The summed E-state index contributed by atoms with van der Waals surface area (Å²) >= 11 is 0. The van der Waals surface area contributed by atoms with E-state index in [0.717, 1.165) is 6.07 Å². The highest BCUT2D eigenvalue weighted by molar-refractivity contribution is 6.01. The number of aromatic nitrogens is 1. The molecular formula is C28H29F2N5O5. The van der Waals surface area contributed by atoms with Crippen molar-refractivity contribution in [3.05, 3.63) is 83.7 Å². The standard InChI is InChI=1S/C28H29F2N5O5/c29-20-3-1-18(2-4-20)13-26(37)34-28(39)33-21-5-6-25(23(30)14-21)40-24-7-10-31-15-19(24)16-32-27(38)17-35-11-8-22(36)9-12-35/h1-7,10,14-15,22,36H,8-9,11-13,16-17H2,(H,32,38)(H2,33,34,37,39). The highest BCUT2D eigenvalue weighted by Crippen LogP contribution is 2.28. The van der Waals surface area contributed by atoms with Crippen LogP contribution in [0.2, 0.25) is 0 Å². The lowest BCUT2D eigenvalue weighted by Gasteiger charge is -2.28. The van der Waals surface area contributed by atoms with Crippen molar-refractivity contribution in [2.75, 3.05) is 25.0 Å². The van der Waals surface area contributed by atoms with Gasteiger partial charge in [0.15, 0.2) is 11.6 Å². The van der Waals surface area contributed by atoms with Gasteiger partial charge in [0, 0.05) is 49.3 Å². The maximum atomic E-state index is 14.8. The predicted octanol–water partition coefficient (Wildman–Crippen LogP) is 3.12. The molecule has 4 rings (SSSR count). The molecule has 4 amide bonds. The number of halogens is 2. The number of hydrogen-bond donors (Lipinski definition) is 4. The first kappa shape index (κ1) is 28.6. The average Bonchev–Trinajstić information content (AvgIpc) is 2.92. The number of aliphatic hydroxyl groups is 1. The number of nitrogens with one attached hydrogen (secondary N) is 3. The maximum absolute atomic E-state index is 14.8. The van der Waals surface area contributed by atoms with Crippen molar-refractivity contribution in [2.45, 2.75) is 31.9 Å². The molecule has 40 heavy (non-hydrogen) atoms. The summed E-state index contributed by atoms with van der Waals surface area (Å²) in [5.41, 5.74) is 1.15. The minimum absolute atomic E-state index is 0.0874. The van der Waals surface area contributed by atoms with E-state index >= 15 is 0 Å². The molecule has 2 heterocycles. The Bertz CT molecular complexity index is 1350. The van der Waals surface area contributed by atoms with E-state index in [0.29, 0.717) is 42.8 Å². The number of carbonyl (C=O) groups excluding carboxylic acids is 3. The minimum Gasteiger partial charge on any atom is -0.454 e. The first-order valence-electron chi connectivity index (χ1n) is 12.7. The van der Waals surface area contributed by atoms with Gasteiger partial charge in [0.2, 0.25) is 11.8 Å². The summed E-state index contributed by atoms with van der Waals surface area (Å²) in [6.45, 7) is 1.62. The van der Waals surface area contributed by atoms with Gasteiger partial charge in [-0.2, -0.15) is 0 Å². The number of urea groups is 1.